The van der Waals surface area contributed by atoms with Crippen molar-refractivity contribution in [1.29, 1.82) is 0 Å². The van der Waals surface area contributed by atoms with E-state index in [1.807, 2.05) is 18.2 Å². The van der Waals surface area contributed by atoms with Crippen molar-refractivity contribution >= 4 is 45.7 Å². The maximum atomic E-state index is 13.2. The van der Waals surface area contributed by atoms with Crippen molar-refractivity contribution in [1.82, 2.24) is 25.5 Å². The molecule has 0 saturated heterocycles. The Morgan fingerprint density at radius 2 is 1.82 bits per heavy atom. The van der Waals surface area contributed by atoms with Crippen LogP contribution in [0.25, 0.3) is 10.9 Å². The molecule has 9 heteroatoms. The molecule has 1 fully saturated rings. The van der Waals surface area contributed by atoms with Gasteiger partial charge in [-0.15, -0.1) is 11.3 Å². The third-order valence-corrected chi connectivity index (χ3v) is 8.16. The zero-order valence-corrected chi connectivity index (χ0v) is 20.9. The minimum Gasteiger partial charge on any atom is -0.351 e. The lowest BCUT2D eigenvalue weighted by Gasteiger charge is -2.30. The monoisotopic (exact) mass is 499 g/mol. The maximum absolute atomic E-state index is 13.2. The largest absolute Gasteiger partial charge is 0.351 e. The number of benzene rings is 1. The van der Waals surface area contributed by atoms with Crippen molar-refractivity contribution in [2.24, 2.45) is 0 Å². The van der Waals surface area contributed by atoms with Crippen molar-refractivity contribution in [3.8, 4) is 0 Å². The van der Waals surface area contributed by atoms with E-state index >= 15 is 0 Å². The highest BCUT2D eigenvalue weighted by atomic mass is 35.5. The number of thiazole rings is 1. The van der Waals surface area contributed by atoms with Crippen molar-refractivity contribution in [2.45, 2.75) is 63.6 Å². The molecule has 7 nitrogen and oxygen atoms in total. The van der Waals surface area contributed by atoms with Crippen LogP contribution in [0.15, 0.2) is 24.3 Å². The minimum absolute atomic E-state index is 0.126. The van der Waals surface area contributed by atoms with Gasteiger partial charge in [-0.05, 0) is 44.2 Å². The number of fused-ring (bicyclic) bond motifs is 2. The Balaban J connectivity index is 1.31. The van der Waals surface area contributed by atoms with Gasteiger partial charge in [-0.25, -0.2) is 4.98 Å². The molecular weight excluding hydrogens is 470 g/mol. The summed E-state index contributed by atoms with van der Waals surface area (Å²) in [5.74, 6) is -0.294. The number of hydrogen-bond donors (Lipinski definition) is 3. The van der Waals surface area contributed by atoms with Crippen LogP contribution in [0.3, 0.4) is 0 Å². The third kappa shape index (κ3) is 5.14. The molecule has 2 amide bonds. The summed E-state index contributed by atoms with van der Waals surface area (Å²) in [7, 11) is 2.09. The van der Waals surface area contributed by atoms with Gasteiger partial charge in [0.1, 0.15) is 5.69 Å². The van der Waals surface area contributed by atoms with Crippen LogP contribution in [0.4, 0.5) is 0 Å². The molecule has 1 aliphatic carbocycles. The Morgan fingerprint density at radius 3 is 2.59 bits per heavy atom. The van der Waals surface area contributed by atoms with Crippen molar-refractivity contribution in [3.05, 3.63) is 50.6 Å². The van der Waals surface area contributed by atoms with Crippen LogP contribution in [0.2, 0.25) is 5.02 Å². The Kier molecular flexibility index (Phi) is 6.90. The van der Waals surface area contributed by atoms with Crippen LogP contribution in [0.1, 0.15) is 69.4 Å². The molecule has 0 spiro atoms. The molecule has 1 saturated carbocycles. The maximum Gasteiger partial charge on any atom is 0.280 e. The molecule has 2 atom stereocenters. The Bertz CT molecular complexity index is 1210. The highest BCUT2D eigenvalue weighted by molar-refractivity contribution is 7.13. The van der Waals surface area contributed by atoms with Crippen LogP contribution in [-0.4, -0.2) is 52.4 Å². The molecule has 3 N–H and O–H groups in total. The minimum atomic E-state index is -0.162. The summed E-state index contributed by atoms with van der Waals surface area (Å²) < 4.78 is 0. The van der Waals surface area contributed by atoms with E-state index in [4.69, 9.17) is 11.6 Å². The van der Waals surface area contributed by atoms with E-state index in [1.54, 1.807) is 6.07 Å². The average Bonchev–Trinajstić information content (AvgIpc) is 3.41. The first-order valence-electron chi connectivity index (χ1n) is 12.0. The standard InChI is InChI=1S/C25H30ClN5O2S/c1-31-11-10-20-22(14-31)34-25(30-20)24(33)29-19-7-5-3-2-4-6-18(19)28-23(32)21-13-15-12-16(26)8-9-17(15)27-21/h8-9,12-13,18-19,27H,2-7,10-11,14H2,1H3,(H,28,32)(H,29,33)/t18-,19+/m1/s1. The Morgan fingerprint density at radius 1 is 1.09 bits per heavy atom. The Labute approximate surface area is 208 Å². The van der Waals surface area contributed by atoms with E-state index in [2.05, 4.69) is 32.5 Å². The van der Waals surface area contributed by atoms with Crippen molar-refractivity contribution in [3.63, 3.8) is 0 Å². The number of aromatic amines is 1. The molecule has 1 aromatic carbocycles. The number of nitrogens with zero attached hydrogens (tertiary/aromatic N) is 2. The molecule has 3 heterocycles. The van der Waals surface area contributed by atoms with E-state index in [9.17, 15) is 9.59 Å². The molecule has 2 aliphatic rings. The predicted molar refractivity (Wildman–Crippen MR) is 136 cm³/mol. The fraction of sp³-hybridized carbons (Fsp3) is 0.480. The van der Waals surface area contributed by atoms with Crippen LogP contribution in [-0.2, 0) is 13.0 Å². The number of aromatic nitrogens is 2. The fourth-order valence-corrected chi connectivity index (χ4v) is 6.22. The molecule has 3 aromatic rings. The lowest BCUT2D eigenvalue weighted by atomic mass is 9.92. The van der Waals surface area contributed by atoms with E-state index in [1.165, 1.54) is 16.2 Å². The molecule has 0 radical (unpaired) electrons. The van der Waals surface area contributed by atoms with Gasteiger partial charge in [0.05, 0.1) is 5.69 Å². The summed E-state index contributed by atoms with van der Waals surface area (Å²) in [5, 5.41) is 8.48. The summed E-state index contributed by atoms with van der Waals surface area (Å²) >= 11 is 7.59. The average molecular weight is 500 g/mol. The van der Waals surface area contributed by atoms with Gasteiger partial charge >= 0.3 is 0 Å². The van der Waals surface area contributed by atoms with Gasteiger partial charge in [-0.1, -0.05) is 37.3 Å². The number of amides is 2. The molecule has 5 rings (SSSR count). The molecule has 1 aliphatic heterocycles. The summed E-state index contributed by atoms with van der Waals surface area (Å²) in [6.07, 6.45) is 6.90. The third-order valence-electron chi connectivity index (χ3n) is 6.84. The van der Waals surface area contributed by atoms with Gasteiger partial charge in [0.25, 0.3) is 11.8 Å². The van der Waals surface area contributed by atoms with Gasteiger partial charge in [0.15, 0.2) is 5.01 Å². The summed E-state index contributed by atoms with van der Waals surface area (Å²) in [6, 6.07) is 7.08. The van der Waals surface area contributed by atoms with Crippen molar-refractivity contribution in [2.75, 3.05) is 13.6 Å². The number of halogens is 1. The molecule has 0 bridgehead atoms. The second kappa shape index (κ2) is 10.1. The number of carbonyl (C=O) groups is 2. The summed E-state index contributed by atoms with van der Waals surface area (Å²) in [4.78, 5) is 37.5. The normalized spacial score (nSPS) is 21.5. The van der Waals surface area contributed by atoms with Gasteiger partial charge in [0.2, 0.25) is 0 Å². The number of H-pyrrole nitrogens is 1. The van der Waals surface area contributed by atoms with E-state index < -0.39 is 0 Å². The SMILES string of the molecule is CN1CCc2nc(C(=O)N[C@H]3CCCCCC[C@H]3NC(=O)c3cc4cc(Cl)ccc4[nH]3)sc2C1. The molecule has 0 unspecified atom stereocenters. The lowest BCUT2D eigenvalue weighted by molar-refractivity contribution is 0.0868. The quantitative estimate of drug-likeness (QED) is 0.492. The second-order valence-electron chi connectivity index (χ2n) is 9.44. The first-order valence-corrected chi connectivity index (χ1v) is 13.2. The molecule has 2 aromatic heterocycles. The number of carbonyl (C=O) groups excluding carboxylic acids is 2. The number of rotatable bonds is 4. The van der Waals surface area contributed by atoms with Crippen molar-refractivity contribution < 1.29 is 9.59 Å². The van der Waals surface area contributed by atoms with Crippen LogP contribution >= 0.6 is 22.9 Å². The van der Waals surface area contributed by atoms with Crippen LogP contribution in [0, 0.1) is 0 Å². The zero-order valence-electron chi connectivity index (χ0n) is 19.3. The summed E-state index contributed by atoms with van der Waals surface area (Å²) in [6.45, 7) is 1.81. The second-order valence-corrected chi connectivity index (χ2v) is 11.0. The first-order chi connectivity index (χ1) is 16.5. The highest BCUT2D eigenvalue weighted by Gasteiger charge is 2.29. The lowest BCUT2D eigenvalue weighted by Crippen LogP contribution is -2.52. The fourth-order valence-electron chi connectivity index (χ4n) is 4.95. The Hall–Kier alpha value is -2.42. The predicted octanol–water partition coefficient (Wildman–Crippen LogP) is 4.52. The van der Waals surface area contributed by atoms with Crippen LogP contribution in [0.5, 0.6) is 0 Å². The number of nitrogens with one attached hydrogen (secondary N) is 3. The number of hydrogen-bond acceptors (Lipinski definition) is 5. The van der Waals surface area contributed by atoms with Gasteiger partial charge in [-0.3, -0.25) is 9.59 Å². The number of likely N-dealkylation sites (N-methyl/N-ethyl adjacent to an activating group) is 1. The molecule has 180 valence electrons. The van der Waals surface area contributed by atoms with E-state index in [0.717, 1.165) is 74.6 Å². The highest BCUT2D eigenvalue weighted by Crippen LogP contribution is 2.26. The zero-order chi connectivity index (χ0) is 23.7. The molecule has 34 heavy (non-hydrogen) atoms. The van der Waals surface area contributed by atoms with Crippen LogP contribution < -0.4 is 10.6 Å². The van der Waals surface area contributed by atoms with Gasteiger partial charge in [0, 0.05) is 52.4 Å². The topological polar surface area (TPSA) is 90.1 Å². The van der Waals surface area contributed by atoms with Gasteiger partial charge in [-0.2, -0.15) is 0 Å². The summed E-state index contributed by atoms with van der Waals surface area (Å²) in [5.41, 5.74) is 2.42. The smallest absolute Gasteiger partial charge is 0.280 e. The molecular formula is C25H30ClN5O2S. The van der Waals surface area contributed by atoms with Gasteiger partial charge < -0.3 is 20.5 Å². The first kappa shape index (κ1) is 23.3. The van der Waals surface area contributed by atoms with E-state index in [0.29, 0.717) is 15.7 Å². The van der Waals surface area contributed by atoms with E-state index in [-0.39, 0.29) is 23.9 Å².